The maximum Gasteiger partial charge on any atom is 0.236 e. The lowest BCUT2D eigenvalue weighted by molar-refractivity contribution is -0.130. The average molecular weight is 357 g/mol. The van der Waals surface area contributed by atoms with E-state index in [1.807, 2.05) is 42.3 Å². The van der Waals surface area contributed by atoms with Crippen LogP contribution in [-0.4, -0.2) is 38.9 Å². The van der Waals surface area contributed by atoms with Crippen LogP contribution < -0.4 is 4.74 Å². The molecule has 0 fully saturated rings. The van der Waals surface area contributed by atoms with E-state index in [0.717, 1.165) is 34.1 Å². The number of hydrogen-bond acceptors (Lipinski definition) is 5. The Bertz CT molecular complexity index is 749. The molecule has 2 aromatic rings. The van der Waals surface area contributed by atoms with E-state index >= 15 is 0 Å². The van der Waals surface area contributed by atoms with E-state index < -0.39 is 0 Å². The zero-order valence-corrected chi connectivity index (χ0v) is 15.7. The van der Waals surface area contributed by atoms with Crippen molar-refractivity contribution < 1.29 is 9.53 Å². The van der Waals surface area contributed by atoms with E-state index in [1.54, 1.807) is 18.9 Å². The van der Waals surface area contributed by atoms with E-state index in [-0.39, 0.29) is 11.2 Å². The second-order valence-corrected chi connectivity index (χ2v) is 7.69. The predicted octanol–water partition coefficient (Wildman–Crippen LogP) is 3.06. The van der Waals surface area contributed by atoms with Gasteiger partial charge in [-0.25, -0.2) is 9.97 Å². The second-order valence-electron chi connectivity index (χ2n) is 6.07. The van der Waals surface area contributed by atoms with Crippen LogP contribution in [0.25, 0.3) is 0 Å². The molecule has 3 rings (SSSR count). The summed E-state index contributed by atoms with van der Waals surface area (Å²) in [7, 11) is 1.66. The molecular weight excluding hydrogens is 334 g/mol. The first-order valence-electron chi connectivity index (χ1n) is 8.47. The minimum Gasteiger partial charge on any atom is -0.497 e. The molecule has 0 unspecified atom stereocenters. The third kappa shape index (κ3) is 4.12. The van der Waals surface area contributed by atoms with Crippen LogP contribution in [0.15, 0.2) is 30.5 Å². The highest BCUT2D eigenvalue weighted by Gasteiger charge is 2.28. The van der Waals surface area contributed by atoms with Crippen molar-refractivity contribution in [3.05, 3.63) is 53.1 Å². The lowest BCUT2D eigenvalue weighted by Crippen LogP contribution is -2.32. The number of methoxy groups -OCH3 is 1. The Morgan fingerprint density at radius 2 is 2.08 bits per heavy atom. The van der Waals surface area contributed by atoms with Gasteiger partial charge in [0.1, 0.15) is 11.6 Å². The smallest absolute Gasteiger partial charge is 0.236 e. The maximum absolute atomic E-state index is 12.5. The molecule has 0 bridgehead atoms. The monoisotopic (exact) mass is 357 g/mol. The number of hydrogen-bond donors (Lipinski definition) is 0. The van der Waals surface area contributed by atoms with Gasteiger partial charge in [-0.2, -0.15) is 0 Å². The van der Waals surface area contributed by atoms with Crippen LogP contribution in [0.2, 0.25) is 0 Å². The van der Waals surface area contributed by atoms with Gasteiger partial charge in [0.05, 0.1) is 24.6 Å². The Balaban J connectivity index is 1.68. The number of thioether (sulfide) groups is 1. The van der Waals surface area contributed by atoms with Gasteiger partial charge in [0.25, 0.3) is 0 Å². The zero-order chi connectivity index (χ0) is 17.8. The molecule has 1 aromatic heterocycles. The second kappa shape index (κ2) is 7.87. The van der Waals surface area contributed by atoms with Crippen LogP contribution in [0.3, 0.4) is 0 Å². The van der Waals surface area contributed by atoms with Crippen LogP contribution in [0, 0.1) is 0 Å². The van der Waals surface area contributed by atoms with Crippen LogP contribution in [-0.2, 0) is 24.3 Å². The maximum atomic E-state index is 12.5. The van der Waals surface area contributed by atoms with Gasteiger partial charge in [0.2, 0.25) is 5.91 Å². The Hall–Kier alpha value is -2.08. The first-order valence-corrected chi connectivity index (χ1v) is 9.52. The third-order valence-corrected chi connectivity index (χ3v) is 5.34. The van der Waals surface area contributed by atoms with E-state index in [4.69, 9.17) is 4.74 Å². The first-order chi connectivity index (χ1) is 12.1. The van der Waals surface area contributed by atoms with Gasteiger partial charge in [-0.15, -0.1) is 11.8 Å². The van der Waals surface area contributed by atoms with Crippen molar-refractivity contribution in [2.75, 3.05) is 12.9 Å². The Kier molecular flexibility index (Phi) is 5.58. The van der Waals surface area contributed by atoms with Gasteiger partial charge in [-0.3, -0.25) is 4.79 Å². The number of benzene rings is 1. The molecule has 0 aliphatic carbocycles. The van der Waals surface area contributed by atoms with Crippen molar-refractivity contribution in [1.29, 1.82) is 0 Å². The highest BCUT2D eigenvalue weighted by Crippen LogP contribution is 2.24. The molecule has 0 N–H and O–H groups in total. The highest BCUT2D eigenvalue weighted by atomic mass is 32.2. The van der Waals surface area contributed by atoms with Gasteiger partial charge in [-0.05, 0) is 30.4 Å². The summed E-state index contributed by atoms with van der Waals surface area (Å²) in [5, 5.41) is -0.00830. The molecule has 2 heterocycles. The van der Waals surface area contributed by atoms with Crippen molar-refractivity contribution >= 4 is 17.7 Å². The number of carbonyl (C=O) groups excluding carboxylic acids is 1. The largest absolute Gasteiger partial charge is 0.497 e. The highest BCUT2D eigenvalue weighted by molar-refractivity contribution is 8.00. The molecule has 1 aliphatic rings. The Labute approximate surface area is 152 Å². The number of aromatic nitrogens is 2. The van der Waals surface area contributed by atoms with Crippen molar-refractivity contribution in [2.24, 2.45) is 0 Å². The fourth-order valence-corrected chi connectivity index (χ4v) is 3.73. The molecule has 5 nitrogen and oxygen atoms in total. The summed E-state index contributed by atoms with van der Waals surface area (Å²) >= 11 is 1.68. The number of carbonyl (C=O) groups is 1. The van der Waals surface area contributed by atoms with Crippen LogP contribution in [0.4, 0.5) is 0 Å². The van der Waals surface area contributed by atoms with Crippen molar-refractivity contribution in [3.63, 3.8) is 0 Å². The van der Waals surface area contributed by atoms with Crippen LogP contribution >= 0.6 is 11.8 Å². The van der Waals surface area contributed by atoms with Gasteiger partial charge in [-0.1, -0.05) is 19.1 Å². The molecule has 0 radical (unpaired) electrons. The van der Waals surface area contributed by atoms with Gasteiger partial charge in [0.15, 0.2) is 0 Å². The molecule has 6 heteroatoms. The number of nitrogens with zero attached hydrogens (tertiary/aromatic N) is 3. The van der Waals surface area contributed by atoms with E-state index in [9.17, 15) is 4.79 Å². The van der Waals surface area contributed by atoms with Gasteiger partial charge >= 0.3 is 0 Å². The van der Waals surface area contributed by atoms with Gasteiger partial charge < -0.3 is 9.64 Å². The van der Waals surface area contributed by atoms with Crippen molar-refractivity contribution in [1.82, 2.24) is 14.9 Å². The molecule has 1 aromatic carbocycles. The average Bonchev–Trinajstić information content (AvgIpc) is 3.05. The quantitative estimate of drug-likeness (QED) is 0.795. The number of rotatable bonds is 6. The van der Waals surface area contributed by atoms with Crippen molar-refractivity contribution in [3.8, 4) is 5.75 Å². The van der Waals surface area contributed by atoms with E-state index in [2.05, 4.69) is 16.9 Å². The summed E-state index contributed by atoms with van der Waals surface area (Å²) in [4.78, 5) is 23.5. The Morgan fingerprint density at radius 1 is 1.32 bits per heavy atom. The zero-order valence-electron chi connectivity index (χ0n) is 14.9. The standard InChI is InChI=1S/C19H23N3O2S/c1-4-25-13(2)19(23)22-11-15-10-20-18(21-17(15)12-22)9-14-5-7-16(24-3)8-6-14/h5-8,10,13H,4,9,11-12H2,1-3H3/t13-/m0/s1. The fourth-order valence-electron chi connectivity index (χ4n) is 2.94. The molecule has 0 saturated carbocycles. The van der Waals surface area contributed by atoms with E-state index in [0.29, 0.717) is 19.5 Å². The summed E-state index contributed by atoms with van der Waals surface area (Å²) in [6, 6.07) is 7.93. The summed E-state index contributed by atoms with van der Waals surface area (Å²) in [6.07, 6.45) is 2.54. The summed E-state index contributed by atoms with van der Waals surface area (Å²) < 4.78 is 5.18. The van der Waals surface area contributed by atoms with E-state index in [1.165, 1.54) is 0 Å². The molecule has 1 amide bonds. The molecule has 25 heavy (non-hydrogen) atoms. The molecule has 132 valence electrons. The molecule has 0 spiro atoms. The minimum absolute atomic E-state index is 0.00830. The number of fused-ring (bicyclic) bond motifs is 1. The van der Waals surface area contributed by atoms with Crippen molar-refractivity contribution in [2.45, 2.75) is 38.6 Å². The summed E-state index contributed by atoms with van der Waals surface area (Å²) in [6.45, 7) is 5.25. The van der Waals surface area contributed by atoms with Crippen LogP contribution in [0.1, 0.15) is 36.5 Å². The fraction of sp³-hybridized carbons (Fsp3) is 0.421. The SMILES string of the molecule is CCS[C@@H](C)C(=O)N1Cc2cnc(Cc3ccc(OC)cc3)nc2C1. The Morgan fingerprint density at radius 3 is 2.76 bits per heavy atom. The first kappa shape index (κ1) is 17.7. The normalized spacial score (nSPS) is 14.3. The lowest BCUT2D eigenvalue weighted by Gasteiger charge is -2.19. The molecule has 1 atom stereocenters. The van der Waals surface area contributed by atoms with Crippen LogP contribution in [0.5, 0.6) is 5.75 Å². The summed E-state index contributed by atoms with van der Waals surface area (Å²) in [5.41, 5.74) is 3.17. The predicted molar refractivity (Wildman–Crippen MR) is 99.7 cm³/mol. The number of amides is 1. The molecular formula is C19H23N3O2S. The summed E-state index contributed by atoms with van der Waals surface area (Å²) in [5.74, 6) is 2.75. The lowest BCUT2D eigenvalue weighted by atomic mass is 10.1. The number of ether oxygens (including phenoxy) is 1. The minimum atomic E-state index is -0.00830. The van der Waals surface area contributed by atoms with Gasteiger partial charge in [0, 0.05) is 24.7 Å². The topological polar surface area (TPSA) is 55.3 Å². The third-order valence-electron chi connectivity index (χ3n) is 4.30. The molecule has 0 saturated heterocycles. The molecule has 1 aliphatic heterocycles.